The van der Waals surface area contributed by atoms with E-state index in [0.29, 0.717) is 16.9 Å². The van der Waals surface area contributed by atoms with Gasteiger partial charge in [0.1, 0.15) is 10.2 Å². The van der Waals surface area contributed by atoms with Crippen LogP contribution in [0, 0.1) is 12.7 Å². The molecule has 0 saturated carbocycles. The number of carboxylic acids is 1. The SMILES string of the molecule is Cc1csc(SCc2ccc(C=CC(=O)O)cc2F)n1. The van der Waals surface area contributed by atoms with Gasteiger partial charge in [-0.2, -0.15) is 0 Å². The van der Waals surface area contributed by atoms with Crippen LogP contribution < -0.4 is 0 Å². The number of aliphatic carboxylic acids is 1. The van der Waals surface area contributed by atoms with Crippen molar-refractivity contribution in [3.8, 4) is 0 Å². The number of benzene rings is 1. The predicted octanol–water partition coefficient (Wildman–Crippen LogP) is 3.98. The normalized spacial score (nSPS) is 11.1. The number of aromatic nitrogens is 1. The van der Waals surface area contributed by atoms with Crippen LogP contribution in [0.1, 0.15) is 16.8 Å². The Bertz CT molecular complexity index is 652. The Hall–Kier alpha value is -1.66. The fraction of sp³-hybridized carbons (Fsp3) is 0.143. The first-order valence-electron chi connectivity index (χ1n) is 5.79. The molecule has 0 atom stereocenters. The van der Waals surface area contributed by atoms with Crippen LogP contribution in [-0.4, -0.2) is 16.1 Å². The Labute approximate surface area is 124 Å². The zero-order valence-corrected chi connectivity index (χ0v) is 12.3. The first-order valence-corrected chi connectivity index (χ1v) is 7.65. The summed E-state index contributed by atoms with van der Waals surface area (Å²) in [6.07, 6.45) is 2.36. The lowest BCUT2D eigenvalue weighted by Gasteiger charge is -2.02. The molecule has 0 aliphatic carbocycles. The minimum atomic E-state index is -1.05. The van der Waals surface area contributed by atoms with E-state index in [4.69, 9.17) is 5.11 Å². The topological polar surface area (TPSA) is 50.2 Å². The molecule has 0 saturated heterocycles. The number of nitrogens with zero attached hydrogens (tertiary/aromatic N) is 1. The van der Waals surface area contributed by atoms with Gasteiger partial charge >= 0.3 is 5.97 Å². The molecule has 1 aromatic heterocycles. The van der Waals surface area contributed by atoms with Crippen molar-refractivity contribution < 1.29 is 14.3 Å². The van der Waals surface area contributed by atoms with Crippen molar-refractivity contribution in [3.63, 3.8) is 0 Å². The third kappa shape index (κ3) is 4.18. The largest absolute Gasteiger partial charge is 0.478 e. The van der Waals surface area contributed by atoms with E-state index in [-0.39, 0.29) is 5.82 Å². The summed E-state index contributed by atoms with van der Waals surface area (Å²) >= 11 is 3.03. The van der Waals surface area contributed by atoms with Crippen LogP contribution >= 0.6 is 23.1 Å². The number of carboxylic acid groups (broad SMARTS) is 1. The molecule has 0 spiro atoms. The van der Waals surface area contributed by atoms with Gasteiger partial charge in [0.15, 0.2) is 0 Å². The molecule has 0 aliphatic heterocycles. The third-order valence-electron chi connectivity index (χ3n) is 2.44. The summed E-state index contributed by atoms with van der Waals surface area (Å²) in [4.78, 5) is 14.7. The fourth-order valence-corrected chi connectivity index (χ4v) is 3.33. The van der Waals surface area contributed by atoms with E-state index < -0.39 is 5.97 Å². The molecule has 0 unspecified atom stereocenters. The maximum absolute atomic E-state index is 13.9. The van der Waals surface area contributed by atoms with Gasteiger partial charge in [-0.1, -0.05) is 23.9 Å². The highest BCUT2D eigenvalue weighted by Gasteiger charge is 2.06. The highest BCUT2D eigenvalue weighted by molar-refractivity contribution is 8.00. The van der Waals surface area contributed by atoms with Gasteiger partial charge in [-0.15, -0.1) is 11.3 Å². The number of hydrogen-bond donors (Lipinski definition) is 1. The quantitative estimate of drug-likeness (QED) is 0.670. The van der Waals surface area contributed by atoms with Crippen LogP contribution in [-0.2, 0) is 10.5 Å². The fourth-order valence-electron chi connectivity index (χ4n) is 1.49. The lowest BCUT2D eigenvalue weighted by Crippen LogP contribution is -1.90. The van der Waals surface area contributed by atoms with Gasteiger partial charge in [0.05, 0.1) is 0 Å². The summed E-state index contributed by atoms with van der Waals surface area (Å²) in [5.41, 5.74) is 2.08. The van der Waals surface area contributed by atoms with E-state index in [1.165, 1.54) is 23.9 Å². The van der Waals surface area contributed by atoms with Gasteiger partial charge in [0.2, 0.25) is 0 Å². The molecule has 0 bridgehead atoms. The predicted molar refractivity (Wildman–Crippen MR) is 79.5 cm³/mol. The van der Waals surface area contributed by atoms with Crippen molar-refractivity contribution in [1.29, 1.82) is 0 Å². The number of carbonyl (C=O) groups is 1. The van der Waals surface area contributed by atoms with Crippen LogP contribution in [0.4, 0.5) is 4.39 Å². The molecular formula is C14H12FNO2S2. The van der Waals surface area contributed by atoms with Gasteiger partial charge in [-0.05, 0) is 30.2 Å². The highest BCUT2D eigenvalue weighted by Crippen LogP contribution is 2.27. The lowest BCUT2D eigenvalue weighted by atomic mass is 10.1. The third-order valence-corrected chi connectivity index (χ3v) is 4.63. The van der Waals surface area contributed by atoms with Crippen LogP contribution in [0.5, 0.6) is 0 Å². The molecule has 6 heteroatoms. The molecule has 1 aromatic carbocycles. The second kappa shape index (κ2) is 6.67. The second-order valence-electron chi connectivity index (χ2n) is 4.07. The Morgan fingerprint density at radius 3 is 2.95 bits per heavy atom. The highest BCUT2D eigenvalue weighted by atomic mass is 32.2. The summed E-state index contributed by atoms with van der Waals surface area (Å²) in [6, 6.07) is 4.71. The Kier molecular flexibility index (Phi) is 4.92. The van der Waals surface area contributed by atoms with Gasteiger partial charge in [-0.3, -0.25) is 0 Å². The Balaban J connectivity index is 2.04. The van der Waals surface area contributed by atoms with Crippen molar-refractivity contribution in [2.75, 3.05) is 0 Å². The second-order valence-corrected chi connectivity index (χ2v) is 6.15. The van der Waals surface area contributed by atoms with Crippen LogP contribution in [0.3, 0.4) is 0 Å². The number of thioether (sulfide) groups is 1. The molecule has 0 amide bonds. The minimum Gasteiger partial charge on any atom is -0.478 e. The first-order chi connectivity index (χ1) is 9.54. The molecule has 3 nitrogen and oxygen atoms in total. The number of halogens is 1. The molecular weight excluding hydrogens is 297 g/mol. The van der Waals surface area contributed by atoms with Crippen molar-refractivity contribution in [2.45, 2.75) is 17.0 Å². The van der Waals surface area contributed by atoms with E-state index in [1.54, 1.807) is 23.5 Å². The molecule has 2 rings (SSSR count). The standard InChI is InChI=1S/C14H12FNO2S2/c1-9-7-19-14(16-9)20-8-11-4-2-10(6-12(11)15)3-5-13(17)18/h2-7H,8H2,1H3,(H,17,18). The minimum absolute atomic E-state index is 0.335. The van der Waals surface area contributed by atoms with Crippen molar-refractivity contribution in [2.24, 2.45) is 0 Å². The Morgan fingerprint density at radius 2 is 2.35 bits per heavy atom. The molecule has 0 fully saturated rings. The zero-order valence-electron chi connectivity index (χ0n) is 10.7. The van der Waals surface area contributed by atoms with Crippen LogP contribution in [0.15, 0.2) is 34.0 Å². The maximum atomic E-state index is 13.9. The monoisotopic (exact) mass is 309 g/mol. The molecule has 20 heavy (non-hydrogen) atoms. The summed E-state index contributed by atoms with van der Waals surface area (Å²) < 4.78 is 14.8. The number of rotatable bonds is 5. The number of hydrogen-bond acceptors (Lipinski definition) is 4. The van der Waals surface area contributed by atoms with Crippen molar-refractivity contribution in [1.82, 2.24) is 4.98 Å². The molecule has 1 N–H and O–H groups in total. The van der Waals surface area contributed by atoms with E-state index in [9.17, 15) is 9.18 Å². The number of aryl methyl sites for hydroxylation is 1. The van der Waals surface area contributed by atoms with Crippen molar-refractivity contribution in [3.05, 3.63) is 52.3 Å². The van der Waals surface area contributed by atoms with E-state index in [2.05, 4.69) is 4.98 Å². The summed E-state index contributed by atoms with van der Waals surface area (Å²) in [6.45, 7) is 1.92. The Morgan fingerprint density at radius 1 is 1.55 bits per heavy atom. The zero-order chi connectivity index (χ0) is 14.5. The maximum Gasteiger partial charge on any atom is 0.328 e. The average molecular weight is 309 g/mol. The molecule has 0 radical (unpaired) electrons. The molecule has 0 aliphatic rings. The average Bonchev–Trinajstić information content (AvgIpc) is 2.81. The van der Waals surface area contributed by atoms with E-state index >= 15 is 0 Å². The van der Waals surface area contributed by atoms with E-state index in [0.717, 1.165) is 16.1 Å². The van der Waals surface area contributed by atoms with E-state index in [1.807, 2.05) is 12.3 Å². The lowest BCUT2D eigenvalue weighted by molar-refractivity contribution is -0.131. The van der Waals surface area contributed by atoms with Gasteiger partial charge in [-0.25, -0.2) is 14.2 Å². The number of thiazole rings is 1. The molecule has 104 valence electrons. The molecule has 2 aromatic rings. The van der Waals surface area contributed by atoms with Crippen LogP contribution in [0.2, 0.25) is 0 Å². The van der Waals surface area contributed by atoms with Gasteiger partial charge in [0, 0.05) is 22.9 Å². The summed E-state index contributed by atoms with van der Waals surface area (Å²) in [7, 11) is 0. The first kappa shape index (κ1) is 14.7. The molecule has 1 heterocycles. The smallest absolute Gasteiger partial charge is 0.328 e. The summed E-state index contributed by atoms with van der Waals surface area (Å²) in [5, 5.41) is 10.5. The van der Waals surface area contributed by atoms with Crippen LogP contribution in [0.25, 0.3) is 6.08 Å². The van der Waals surface area contributed by atoms with Gasteiger partial charge in [0.25, 0.3) is 0 Å². The summed E-state index contributed by atoms with van der Waals surface area (Å²) in [5.74, 6) is -0.885. The van der Waals surface area contributed by atoms with Crippen molar-refractivity contribution >= 4 is 35.1 Å². The van der Waals surface area contributed by atoms with Gasteiger partial charge < -0.3 is 5.11 Å².